The quantitative estimate of drug-likeness (QED) is 0.894. The van der Waals surface area contributed by atoms with E-state index in [1.54, 1.807) is 12.1 Å². The largest absolute Gasteiger partial charge is 0.392 e. The van der Waals surface area contributed by atoms with Crippen molar-refractivity contribution in [3.8, 4) is 0 Å². The smallest absolute Gasteiger partial charge is 0.248 e. The second-order valence-electron chi connectivity index (χ2n) is 4.88. The maximum atomic E-state index is 13.0. The van der Waals surface area contributed by atoms with Gasteiger partial charge in [-0.25, -0.2) is 13.2 Å². The fourth-order valence-corrected chi connectivity index (χ4v) is 2.81. The molecule has 18 heavy (non-hydrogen) atoms. The van der Waals surface area contributed by atoms with Crippen molar-refractivity contribution in [2.24, 2.45) is 5.92 Å². The molecule has 2 unspecified atom stereocenters. The number of aliphatic hydroxyl groups is 1. The Morgan fingerprint density at radius 3 is 2.72 bits per heavy atom. The van der Waals surface area contributed by atoms with Gasteiger partial charge in [-0.3, -0.25) is 0 Å². The number of alkyl halides is 2. The maximum Gasteiger partial charge on any atom is 0.248 e. The third-order valence-electron chi connectivity index (χ3n) is 3.41. The highest BCUT2D eigenvalue weighted by molar-refractivity contribution is 9.10. The fraction of sp³-hybridized carbons (Fsp3) is 0.538. The molecular formula is C13H14BrF3O. The van der Waals surface area contributed by atoms with Gasteiger partial charge in [0.05, 0.1) is 10.6 Å². The molecule has 1 saturated carbocycles. The maximum absolute atomic E-state index is 13.0. The van der Waals surface area contributed by atoms with E-state index in [0.29, 0.717) is 10.9 Å². The Labute approximate surface area is 112 Å². The van der Waals surface area contributed by atoms with Gasteiger partial charge in [-0.2, -0.15) is 0 Å². The monoisotopic (exact) mass is 322 g/mol. The van der Waals surface area contributed by atoms with Gasteiger partial charge in [0.15, 0.2) is 0 Å². The number of aliphatic hydroxyl groups excluding tert-OH is 1. The van der Waals surface area contributed by atoms with Crippen molar-refractivity contribution in [1.29, 1.82) is 0 Å². The normalized spacial score (nSPS) is 24.2. The van der Waals surface area contributed by atoms with E-state index in [9.17, 15) is 18.3 Å². The van der Waals surface area contributed by atoms with Gasteiger partial charge in [0.2, 0.25) is 5.92 Å². The average molecular weight is 323 g/mol. The summed E-state index contributed by atoms with van der Waals surface area (Å²) in [6.07, 6.45) is -0.579. The number of rotatable bonds is 3. The van der Waals surface area contributed by atoms with Gasteiger partial charge in [-0.15, -0.1) is 0 Å². The van der Waals surface area contributed by atoms with E-state index in [0.717, 1.165) is 5.56 Å². The van der Waals surface area contributed by atoms with Crippen LogP contribution in [0.3, 0.4) is 0 Å². The molecule has 100 valence electrons. The van der Waals surface area contributed by atoms with E-state index in [4.69, 9.17) is 0 Å². The lowest BCUT2D eigenvalue weighted by Gasteiger charge is -2.18. The standard InChI is InChI=1S/C13H14BrF3O/c14-10-5-8(1-2-11(10)15)6-12(18)9-3-4-13(16,17)7-9/h1-2,5,9,12,18H,3-4,6-7H2. The van der Waals surface area contributed by atoms with Crippen molar-refractivity contribution >= 4 is 15.9 Å². The molecule has 2 atom stereocenters. The van der Waals surface area contributed by atoms with Crippen LogP contribution in [0.5, 0.6) is 0 Å². The van der Waals surface area contributed by atoms with E-state index in [1.165, 1.54) is 6.07 Å². The lowest BCUT2D eigenvalue weighted by atomic mass is 9.95. The summed E-state index contributed by atoms with van der Waals surface area (Å²) >= 11 is 3.06. The van der Waals surface area contributed by atoms with Crippen molar-refractivity contribution in [2.75, 3.05) is 0 Å². The van der Waals surface area contributed by atoms with Crippen LogP contribution >= 0.6 is 15.9 Å². The molecule has 5 heteroatoms. The minimum absolute atomic E-state index is 0.151. The van der Waals surface area contributed by atoms with Crippen LogP contribution in [0.15, 0.2) is 22.7 Å². The first-order chi connectivity index (χ1) is 8.37. The summed E-state index contributed by atoms with van der Waals surface area (Å²) in [6.45, 7) is 0. The summed E-state index contributed by atoms with van der Waals surface area (Å²) in [5.74, 6) is -3.39. The number of hydrogen-bond acceptors (Lipinski definition) is 1. The van der Waals surface area contributed by atoms with Crippen LogP contribution in [0.1, 0.15) is 24.8 Å². The van der Waals surface area contributed by atoms with E-state index in [-0.39, 0.29) is 31.0 Å². The zero-order chi connectivity index (χ0) is 13.3. The lowest BCUT2D eigenvalue weighted by molar-refractivity contribution is -0.00479. The van der Waals surface area contributed by atoms with Gasteiger partial charge in [0, 0.05) is 12.8 Å². The van der Waals surface area contributed by atoms with Crippen LogP contribution in [0.2, 0.25) is 0 Å². The van der Waals surface area contributed by atoms with E-state index >= 15 is 0 Å². The molecule has 0 amide bonds. The molecule has 0 saturated heterocycles. The Balaban J connectivity index is 1.99. The highest BCUT2D eigenvalue weighted by Gasteiger charge is 2.41. The summed E-state index contributed by atoms with van der Waals surface area (Å²) in [6, 6.07) is 4.44. The van der Waals surface area contributed by atoms with Crippen LogP contribution in [0.25, 0.3) is 0 Å². The third-order valence-corrected chi connectivity index (χ3v) is 4.02. The van der Waals surface area contributed by atoms with Crippen molar-refractivity contribution in [3.05, 3.63) is 34.1 Å². The summed E-state index contributed by atoms with van der Waals surface area (Å²) in [5, 5.41) is 9.95. The number of benzene rings is 1. The summed E-state index contributed by atoms with van der Waals surface area (Å²) in [5.41, 5.74) is 0.742. The van der Waals surface area contributed by atoms with Gasteiger partial charge in [-0.1, -0.05) is 6.07 Å². The van der Waals surface area contributed by atoms with Crippen molar-refractivity contribution < 1.29 is 18.3 Å². The SMILES string of the molecule is OC(Cc1ccc(F)c(Br)c1)C1CCC(F)(F)C1. The van der Waals surface area contributed by atoms with Crippen LogP contribution in [-0.4, -0.2) is 17.1 Å². The second-order valence-corrected chi connectivity index (χ2v) is 5.73. The molecule has 2 rings (SSSR count). The van der Waals surface area contributed by atoms with Gasteiger partial charge in [0.25, 0.3) is 0 Å². The molecule has 1 aliphatic carbocycles. The van der Waals surface area contributed by atoms with Crippen LogP contribution in [0.4, 0.5) is 13.2 Å². The third kappa shape index (κ3) is 3.26. The Morgan fingerprint density at radius 1 is 1.44 bits per heavy atom. The molecule has 0 bridgehead atoms. The van der Waals surface area contributed by atoms with Gasteiger partial charge < -0.3 is 5.11 Å². The summed E-state index contributed by atoms with van der Waals surface area (Å²) in [4.78, 5) is 0. The van der Waals surface area contributed by atoms with E-state index in [2.05, 4.69) is 15.9 Å². The second kappa shape index (κ2) is 5.21. The number of halogens is 4. The van der Waals surface area contributed by atoms with Crippen LogP contribution in [-0.2, 0) is 6.42 Å². The summed E-state index contributed by atoms with van der Waals surface area (Å²) in [7, 11) is 0. The fourth-order valence-electron chi connectivity index (χ4n) is 2.39. The lowest BCUT2D eigenvalue weighted by Crippen LogP contribution is -2.22. The Hall–Kier alpha value is -0.550. The molecule has 0 spiro atoms. The molecule has 0 heterocycles. The minimum Gasteiger partial charge on any atom is -0.392 e. The van der Waals surface area contributed by atoms with E-state index in [1.807, 2.05) is 0 Å². The van der Waals surface area contributed by atoms with Crippen LogP contribution < -0.4 is 0 Å². The molecule has 0 aliphatic heterocycles. The predicted octanol–water partition coefficient (Wildman–Crippen LogP) is 3.93. The molecule has 0 aromatic heterocycles. The zero-order valence-corrected chi connectivity index (χ0v) is 11.3. The first-order valence-corrected chi connectivity index (χ1v) is 6.66. The van der Waals surface area contributed by atoms with Crippen LogP contribution in [0, 0.1) is 11.7 Å². The molecule has 1 fully saturated rings. The number of hydrogen-bond donors (Lipinski definition) is 1. The molecular weight excluding hydrogens is 309 g/mol. The van der Waals surface area contributed by atoms with E-state index < -0.39 is 12.0 Å². The minimum atomic E-state index is -2.64. The Bertz CT molecular complexity index is 436. The first-order valence-electron chi connectivity index (χ1n) is 5.87. The van der Waals surface area contributed by atoms with Gasteiger partial charge >= 0.3 is 0 Å². The van der Waals surface area contributed by atoms with Gasteiger partial charge in [0.1, 0.15) is 5.82 Å². The molecule has 1 aliphatic rings. The molecule has 1 aromatic rings. The highest BCUT2D eigenvalue weighted by atomic mass is 79.9. The van der Waals surface area contributed by atoms with Gasteiger partial charge in [-0.05, 0) is 52.4 Å². The average Bonchev–Trinajstić information content (AvgIpc) is 2.64. The first kappa shape index (κ1) is 13.9. The summed E-state index contributed by atoms with van der Waals surface area (Å²) < 4.78 is 39.4. The van der Waals surface area contributed by atoms with Crippen molar-refractivity contribution in [2.45, 2.75) is 37.7 Å². The molecule has 1 nitrogen and oxygen atoms in total. The predicted molar refractivity (Wildman–Crippen MR) is 66.1 cm³/mol. The highest BCUT2D eigenvalue weighted by Crippen LogP contribution is 2.40. The van der Waals surface area contributed by atoms with Crippen molar-refractivity contribution in [1.82, 2.24) is 0 Å². The zero-order valence-electron chi connectivity index (χ0n) is 9.67. The van der Waals surface area contributed by atoms with Crippen molar-refractivity contribution in [3.63, 3.8) is 0 Å². The Morgan fingerprint density at radius 2 is 2.17 bits per heavy atom. The Kier molecular flexibility index (Phi) is 4.02. The molecule has 0 radical (unpaired) electrons. The molecule has 1 N–H and O–H groups in total. The topological polar surface area (TPSA) is 20.2 Å². The molecule has 1 aromatic carbocycles.